The van der Waals surface area contributed by atoms with E-state index in [0.29, 0.717) is 19.4 Å². The van der Waals surface area contributed by atoms with E-state index in [1.54, 1.807) is 30.3 Å². The van der Waals surface area contributed by atoms with E-state index in [1.165, 1.54) is 0 Å². The Kier molecular flexibility index (Phi) is 13.1. The fraction of sp³-hybridized carbons (Fsp3) is 0.524. The minimum atomic E-state index is -1.35. The quantitative estimate of drug-likeness (QED) is 0.105. The van der Waals surface area contributed by atoms with Gasteiger partial charge in [0.25, 0.3) is 0 Å². The Morgan fingerprint density at radius 2 is 1.48 bits per heavy atom. The molecular formula is C21H33N5O6S. The van der Waals surface area contributed by atoms with E-state index in [2.05, 4.69) is 28.6 Å². The van der Waals surface area contributed by atoms with Crippen molar-refractivity contribution >= 4 is 36.3 Å². The van der Waals surface area contributed by atoms with Crippen LogP contribution in [-0.4, -0.2) is 77.0 Å². The van der Waals surface area contributed by atoms with Gasteiger partial charge in [-0.1, -0.05) is 30.3 Å². The zero-order chi connectivity index (χ0) is 24.8. The van der Waals surface area contributed by atoms with Crippen molar-refractivity contribution in [1.82, 2.24) is 16.0 Å². The molecule has 0 spiro atoms. The van der Waals surface area contributed by atoms with Crippen molar-refractivity contribution in [3.63, 3.8) is 0 Å². The molecule has 33 heavy (non-hydrogen) atoms. The second-order valence-corrected chi connectivity index (χ2v) is 7.83. The summed E-state index contributed by atoms with van der Waals surface area (Å²) in [6.45, 7) is -0.328. The summed E-state index contributed by atoms with van der Waals surface area (Å²) in [4.78, 5) is 49.2. The summed E-state index contributed by atoms with van der Waals surface area (Å²) in [7, 11) is 0. The first-order chi connectivity index (χ1) is 15.7. The molecule has 12 heteroatoms. The van der Waals surface area contributed by atoms with Crippen molar-refractivity contribution in [2.75, 3.05) is 18.9 Å². The number of carbonyl (C=O) groups excluding carboxylic acids is 3. The second-order valence-electron chi connectivity index (χ2n) is 7.47. The molecule has 4 unspecified atom stereocenters. The van der Waals surface area contributed by atoms with Crippen LogP contribution in [0, 0.1) is 0 Å². The molecule has 3 amide bonds. The summed E-state index contributed by atoms with van der Waals surface area (Å²) in [6.07, 6.45) is 1.36. The van der Waals surface area contributed by atoms with E-state index < -0.39 is 54.5 Å². The average molecular weight is 484 g/mol. The summed E-state index contributed by atoms with van der Waals surface area (Å²) in [5.41, 5.74) is 11.7. The third-order valence-electron chi connectivity index (χ3n) is 4.83. The highest BCUT2D eigenvalue weighted by Gasteiger charge is 2.30. The number of carbonyl (C=O) groups is 4. The molecule has 0 bridgehead atoms. The van der Waals surface area contributed by atoms with Crippen LogP contribution in [0.3, 0.4) is 0 Å². The van der Waals surface area contributed by atoms with E-state index in [9.17, 15) is 29.4 Å². The molecule has 0 radical (unpaired) electrons. The first-order valence-electron chi connectivity index (χ1n) is 10.6. The second kappa shape index (κ2) is 15.2. The summed E-state index contributed by atoms with van der Waals surface area (Å²) in [6, 6.07) is 4.17. The highest BCUT2D eigenvalue weighted by Crippen LogP contribution is 2.07. The third-order valence-corrected chi connectivity index (χ3v) is 5.22. The molecule has 1 rings (SSSR count). The molecule has 9 N–H and O–H groups in total. The van der Waals surface area contributed by atoms with Gasteiger partial charge in [0.15, 0.2) is 0 Å². The summed E-state index contributed by atoms with van der Waals surface area (Å²) >= 11 is 3.92. The number of hydrogen-bond donors (Lipinski definition) is 8. The van der Waals surface area contributed by atoms with Crippen LogP contribution in [0.15, 0.2) is 30.3 Å². The zero-order valence-corrected chi connectivity index (χ0v) is 19.2. The predicted octanol–water partition coefficient (Wildman–Crippen LogP) is -1.85. The van der Waals surface area contributed by atoms with Crippen molar-refractivity contribution in [2.24, 2.45) is 11.5 Å². The maximum atomic E-state index is 12.9. The summed E-state index contributed by atoms with van der Waals surface area (Å²) in [5.74, 6) is -3.38. The van der Waals surface area contributed by atoms with E-state index >= 15 is 0 Å². The van der Waals surface area contributed by atoms with Gasteiger partial charge in [0.1, 0.15) is 18.1 Å². The van der Waals surface area contributed by atoms with Crippen LogP contribution in [-0.2, 0) is 25.6 Å². The van der Waals surface area contributed by atoms with Crippen molar-refractivity contribution in [3.05, 3.63) is 35.9 Å². The monoisotopic (exact) mass is 483 g/mol. The largest absolute Gasteiger partial charge is 0.480 e. The Morgan fingerprint density at radius 1 is 0.909 bits per heavy atom. The molecule has 0 aromatic heterocycles. The fourth-order valence-electron chi connectivity index (χ4n) is 2.91. The van der Waals surface area contributed by atoms with Gasteiger partial charge in [-0.15, -0.1) is 0 Å². The number of amides is 3. The molecule has 1 aromatic carbocycles. The highest BCUT2D eigenvalue weighted by atomic mass is 32.1. The Hall–Kier alpha value is -2.67. The summed E-state index contributed by atoms with van der Waals surface area (Å²) in [5, 5.41) is 26.2. The number of unbranched alkanes of at least 4 members (excludes halogenated alkanes) is 1. The lowest BCUT2D eigenvalue weighted by Gasteiger charge is -2.24. The number of hydrogen-bond acceptors (Lipinski definition) is 8. The Balaban J connectivity index is 2.98. The molecule has 11 nitrogen and oxygen atoms in total. The van der Waals surface area contributed by atoms with Gasteiger partial charge < -0.3 is 37.6 Å². The molecule has 1 aromatic rings. The average Bonchev–Trinajstić information content (AvgIpc) is 2.81. The van der Waals surface area contributed by atoms with Gasteiger partial charge in [0, 0.05) is 12.2 Å². The predicted molar refractivity (Wildman–Crippen MR) is 125 cm³/mol. The lowest BCUT2D eigenvalue weighted by atomic mass is 10.0. The number of thiol groups is 1. The van der Waals surface area contributed by atoms with E-state index in [4.69, 9.17) is 11.5 Å². The van der Waals surface area contributed by atoms with Crippen LogP contribution in [0.5, 0.6) is 0 Å². The van der Waals surface area contributed by atoms with Gasteiger partial charge in [-0.25, -0.2) is 4.79 Å². The Bertz CT molecular complexity index is 782. The third kappa shape index (κ3) is 10.2. The first kappa shape index (κ1) is 28.4. The molecule has 0 heterocycles. The van der Waals surface area contributed by atoms with Gasteiger partial charge in [-0.2, -0.15) is 12.6 Å². The molecule has 0 saturated heterocycles. The molecule has 184 valence electrons. The smallest absolute Gasteiger partial charge is 0.326 e. The normalized spacial score (nSPS) is 14.4. The number of aliphatic carboxylic acids is 1. The number of aliphatic hydroxyl groups is 1. The number of aliphatic hydroxyl groups excluding tert-OH is 1. The van der Waals surface area contributed by atoms with Crippen LogP contribution in [0.2, 0.25) is 0 Å². The maximum Gasteiger partial charge on any atom is 0.326 e. The number of nitrogens with two attached hydrogens (primary N) is 2. The Morgan fingerprint density at radius 3 is 2.03 bits per heavy atom. The van der Waals surface area contributed by atoms with Crippen LogP contribution < -0.4 is 27.4 Å². The number of rotatable bonds is 15. The lowest BCUT2D eigenvalue weighted by molar-refractivity contribution is -0.142. The van der Waals surface area contributed by atoms with Crippen LogP contribution >= 0.6 is 12.6 Å². The van der Waals surface area contributed by atoms with Gasteiger partial charge >= 0.3 is 5.97 Å². The topological polar surface area (TPSA) is 197 Å². The molecule has 0 fully saturated rings. The van der Waals surface area contributed by atoms with E-state index in [0.717, 1.165) is 5.56 Å². The van der Waals surface area contributed by atoms with Crippen LogP contribution in [0.25, 0.3) is 0 Å². The number of carboxylic acids is 1. The molecule has 4 atom stereocenters. The molecule has 0 aliphatic carbocycles. The van der Waals surface area contributed by atoms with E-state index in [-0.39, 0.29) is 18.6 Å². The SMILES string of the molecule is NCCCCC(NC(=O)C(Cc1ccccc1)NC(=O)C(CO)NC(=O)C(N)CS)C(=O)O. The van der Waals surface area contributed by atoms with Crippen LogP contribution in [0.1, 0.15) is 24.8 Å². The first-order valence-corrected chi connectivity index (χ1v) is 11.2. The van der Waals surface area contributed by atoms with Crippen molar-refractivity contribution in [3.8, 4) is 0 Å². The molecule has 0 saturated carbocycles. The van der Waals surface area contributed by atoms with Gasteiger partial charge in [0.05, 0.1) is 12.6 Å². The maximum absolute atomic E-state index is 12.9. The molecule has 0 aliphatic heterocycles. The van der Waals surface area contributed by atoms with Crippen molar-refractivity contribution in [1.29, 1.82) is 0 Å². The molecule has 0 aliphatic rings. The fourth-order valence-corrected chi connectivity index (χ4v) is 3.08. The van der Waals surface area contributed by atoms with E-state index in [1.807, 2.05) is 0 Å². The minimum absolute atomic E-state index is 0.0331. The van der Waals surface area contributed by atoms with Crippen molar-refractivity contribution in [2.45, 2.75) is 49.9 Å². The minimum Gasteiger partial charge on any atom is -0.480 e. The Labute approximate surface area is 198 Å². The van der Waals surface area contributed by atoms with Gasteiger partial charge in [-0.05, 0) is 31.4 Å². The lowest BCUT2D eigenvalue weighted by Crippen LogP contribution is -2.58. The molecular weight excluding hydrogens is 450 g/mol. The van der Waals surface area contributed by atoms with Crippen molar-refractivity contribution < 1.29 is 29.4 Å². The van der Waals surface area contributed by atoms with Crippen LogP contribution in [0.4, 0.5) is 0 Å². The number of carboxylic acid groups (broad SMARTS) is 1. The zero-order valence-electron chi connectivity index (χ0n) is 18.3. The highest BCUT2D eigenvalue weighted by molar-refractivity contribution is 7.80. The number of nitrogens with one attached hydrogen (secondary N) is 3. The van der Waals surface area contributed by atoms with Gasteiger partial charge in [-0.3, -0.25) is 14.4 Å². The summed E-state index contributed by atoms with van der Waals surface area (Å²) < 4.78 is 0. The standard InChI is InChI=1S/C21H33N5O6S/c22-9-5-4-8-15(21(31)32)24-19(29)16(10-13-6-2-1-3-7-13)25-20(30)17(11-27)26-18(28)14(23)12-33/h1-3,6-7,14-17,27,33H,4-5,8-12,22-23H2,(H,24,29)(H,25,30)(H,26,28)(H,31,32). The number of benzene rings is 1. The van der Waals surface area contributed by atoms with Gasteiger partial charge in [0.2, 0.25) is 17.7 Å².